The maximum atomic E-state index is 12.5. The normalized spacial score (nSPS) is 11.5. The van der Waals surface area contributed by atoms with Crippen molar-refractivity contribution >= 4 is 0 Å². The van der Waals surface area contributed by atoms with Gasteiger partial charge < -0.3 is 15.3 Å². The van der Waals surface area contributed by atoms with Gasteiger partial charge >= 0.3 is 6.18 Å². The Hall–Kier alpha value is -2.51. The first-order chi connectivity index (χ1) is 8.79. The molecule has 100 valence electrons. The maximum Gasteiger partial charge on any atom is 0.416 e. The van der Waals surface area contributed by atoms with Crippen molar-refractivity contribution < 1.29 is 28.5 Å². The Bertz CT molecular complexity index is 606. The van der Waals surface area contributed by atoms with Gasteiger partial charge in [-0.25, -0.2) is 0 Å². The molecule has 0 saturated heterocycles. The fourth-order valence-electron chi connectivity index (χ4n) is 1.40. The van der Waals surface area contributed by atoms with Crippen LogP contribution >= 0.6 is 0 Å². The summed E-state index contributed by atoms with van der Waals surface area (Å²) in [5, 5.41) is 27.4. The highest BCUT2D eigenvalue weighted by Crippen LogP contribution is 2.35. The maximum absolute atomic E-state index is 12.5. The zero-order chi connectivity index (χ0) is 14.2. The van der Waals surface area contributed by atoms with Gasteiger partial charge in [-0.3, -0.25) is 0 Å². The van der Waals surface area contributed by atoms with Gasteiger partial charge in [0.25, 0.3) is 11.8 Å². The number of aromatic nitrogens is 2. The molecule has 0 amide bonds. The standard InChI is InChI=1S/C11H7F3N2O3/c12-11(13,14)6-3-1-2-5(4-6)8-15-9(18)7(17)10(19)16-8/h1-4,17H,(H2,15,16,18,19). The SMILES string of the molecule is Oc1nc(-c2cccc(C(F)(F)F)c2)nc(O)c1O. The second-order valence-electron chi connectivity index (χ2n) is 3.62. The number of aromatic hydroxyl groups is 3. The molecule has 8 heteroatoms. The lowest BCUT2D eigenvalue weighted by Crippen LogP contribution is -2.04. The Balaban J connectivity index is 2.54. The second-order valence-corrected chi connectivity index (χ2v) is 3.62. The van der Waals surface area contributed by atoms with Crippen molar-refractivity contribution in [2.45, 2.75) is 6.18 Å². The largest absolute Gasteiger partial charge is 0.499 e. The van der Waals surface area contributed by atoms with Gasteiger partial charge in [0.1, 0.15) is 0 Å². The Labute approximate surface area is 104 Å². The summed E-state index contributed by atoms with van der Waals surface area (Å²) in [4.78, 5) is 6.79. The molecule has 3 N–H and O–H groups in total. The molecule has 1 aromatic heterocycles. The van der Waals surface area contributed by atoms with Crippen LogP contribution in [0.4, 0.5) is 13.2 Å². The monoisotopic (exact) mass is 272 g/mol. The third-order valence-corrected chi connectivity index (χ3v) is 2.30. The van der Waals surface area contributed by atoms with Gasteiger partial charge in [0, 0.05) is 5.56 Å². The predicted octanol–water partition coefficient (Wildman–Crippen LogP) is 2.28. The van der Waals surface area contributed by atoms with E-state index in [2.05, 4.69) is 9.97 Å². The summed E-state index contributed by atoms with van der Waals surface area (Å²) >= 11 is 0. The molecule has 0 spiro atoms. The quantitative estimate of drug-likeness (QED) is 0.741. The molecule has 0 unspecified atom stereocenters. The van der Waals surface area contributed by atoms with Gasteiger partial charge in [0.2, 0.25) is 5.75 Å². The Morgan fingerprint density at radius 2 is 1.53 bits per heavy atom. The van der Waals surface area contributed by atoms with Crippen molar-refractivity contribution in [2.75, 3.05) is 0 Å². The zero-order valence-corrected chi connectivity index (χ0v) is 9.18. The van der Waals surface area contributed by atoms with Gasteiger partial charge in [-0.1, -0.05) is 12.1 Å². The van der Waals surface area contributed by atoms with E-state index in [-0.39, 0.29) is 11.4 Å². The van der Waals surface area contributed by atoms with Crippen molar-refractivity contribution in [1.29, 1.82) is 0 Å². The molecule has 1 heterocycles. The van der Waals surface area contributed by atoms with Gasteiger partial charge in [-0.2, -0.15) is 23.1 Å². The molecule has 0 aliphatic heterocycles. The smallest absolute Gasteiger partial charge is 0.416 e. The van der Waals surface area contributed by atoms with Crippen LogP contribution in [0.1, 0.15) is 5.56 Å². The van der Waals surface area contributed by atoms with Gasteiger partial charge in [0.05, 0.1) is 5.56 Å². The molecule has 2 aromatic rings. The van der Waals surface area contributed by atoms with Gasteiger partial charge in [0.15, 0.2) is 5.82 Å². The fraction of sp³-hybridized carbons (Fsp3) is 0.0909. The highest BCUT2D eigenvalue weighted by Gasteiger charge is 2.30. The Kier molecular flexibility index (Phi) is 2.93. The molecule has 0 atom stereocenters. The van der Waals surface area contributed by atoms with Crippen molar-refractivity contribution in [3.05, 3.63) is 29.8 Å². The summed E-state index contributed by atoms with van der Waals surface area (Å²) in [7, 11) is 0. The average Bonchev–Trinajstić information content (AvgIpc) is 2.34. The molecule has 0 radical (unpaired) electrons. The van der Waals surface area contributed by atoms with Crippen molar-refractivity contribution in [3.63, 3.8) is 0 Å². The van der Waals surface area contributed by atoms with Crippen LogP contribution < -0.4 is 0 Å². The van der Waals surface area contributed by atoms with Crippen LogP contribution in [0.25, 0.3) is 11.4 Å². The second kappa shape index (κ2) is 4.30. The molecule has 5 nitrogen and oxygen atoms in total. The first-order valence-corrected chi connectivity index (χ1v) is 4.95. The van der Waals surface area contributed by atoms with Crippen LogP contribution in [0.15, 0.2) is 24.3 Å². The number of nitrogens with zero attached hydrogens (tertiary/aromatic N) is 2. The van der Waals surface area contributed by atoms with Crippen LogP contribution in [0.3, 0.4) is 0 Å². The zero-order valence-electron chi connectivity index (χ0n) is 9.18. The van der Waals surface area contributed by atoms with E-state index in [1.807, 2.05) is 0 Å². The minimum absolute atomic E-state index is 0.0552. The van der Waals surface area contributed by atoms with Crippen LogP contribution in [0.5, 0.6) is 17.5 Å². The summed E-state index contributed by atoms with van der Waals surface area (Å²) in [6, 6.07) is 4.05. The molecule has 19 heavy (non-hydrogen) atoms. The molecular weight excluding hydrogens is 265 g/mol. The summed E-state index contributed by atoms with van der Waals surface area (Å²) in [5.41, 5.74) is -0.971. The minimum atomic E-state index is -4.53. The van der Waals surface area contributed by atoms with E-state index >= 15 is 0 Å². The lowest BCUT2D eigenvalue weighted by Gasteiger charge is -2.08. The Morgan fingerprint density at radius 3 is 2.05 bits per heavy atom. The number of alkyl halides is 3. The summed E-state index contributed by atoms with van der Waals surface area (Å²) in [5.74, 6) is -3.10. The van der Waals surface area contributed by atoms with Crippen molar-refractivity contribution in [3.8, 4) is 28.9 Å². The highest BCUT2D eigenvalue weighted by molar-refractivity contribution is 5.59. The van der Waals surface area contributed by atoms with E-state index in [0.29, 0.717) is 0 Å². The minimum Gasteiger partial charge on any atom is -0.499 e. The van der Waals surface area contributed by atoms with E-state index < -0.39 is 29.2 Å². The molecule has 0 fully saturated rings. The van der Waals surface area contributed by atoms with E-state index in [1.54, 1.807) is 0 Å². The van der Waals surface area contributed by atoms with Crippen LogP contribution in [0.2, 0.25) is 0 Å². The molecule has 0 saturated carbocycles. The van der Waals surface area contributed by atoms with Gasteiger partial charge in [-0.15, -0.1) is 0 Å². The van der Waals surface area contributed by atoms with Gasteiger partial charge in [-0.05, 0) is 12.1 Å². The topological polar surface area (TPSA) is 86.5 Å². The molecule has 0 aliphatic carbocycles. The van der Waals surface area contributed by atoms with E-state index in [1.165, 1.54) is 6.07 Å². The summed E-state index contributed by atoms with van der Waals surface area (Å²) in [6.45, 7) is 0. The lowest BCUT2D eigenvalue weighted by atomic mass is 10.1. The van der Waals surface area contributed by atoms with Crippen molar-refractivity contribution in [1.82, 2.24) is 9.97 Å². The van der Waals surface area contributed by atoms with Crippen LogP contribution in [-0.2, 0) is 6.18 Å². The van der Waals surface area contributed by atoms with Crippen LogP contribution in [-0.4, -0.2) is 25.3 Å². The summed E-state index contributed by atoms with van der Waals surface area (Å²) < 4.78 is 37.6. The molecule has 0 bridgehead atoms. The molecular formula is C11H7F3N2O3. The first kappa shape index (κ1) is 12.9. The molecule has 1 aromatic carbocycles. The van der Waals surface area contributed by atoms with Crippen LogP contribution in [0, 0.1) is 0 Å². The van der Waals surface area contributed by atoms with E-state index in [0.717, 1.165) is 18.2 Å². The highest BCUT2D eigenvalue weighted by atomic mass is 19.4. The number of hydrogen-bond donors (Lipinski definition) is 3. The van der Waals surface area contributed by atoms with Crippen molar-refractivity contribution in [2.24, 2.45) is 0 Å². The van der Waals surface area contributed by atoms with E-state index in [4.69, 9.17) is 5.11 Å². The first-order valence-electron chi connectivity index (χ1n) is 4.95. The number of rotatable bonds is 1. The number of halogens is 3. The fourth-order valence-corrected chi connectivity index (χ4v) is 1.40. The number of hydrogen-bond acceptors (Lipinski definition) is 5. The number of benzene rings is 1. The predicted molar refractivity (Wildman–Crippen MR) is 57.5 cm³/mol. The van der Waals surface area contributed by atoms with E-state index in [9.17, 15) is 23.4 Å². The summed E-state index contributed by atoms with van der Waals surface area (Å²) in [6.07, 6.45) is -4.53. The molecule has 0 aliphatic rings. The Morgan fingerprint density at radius 1 is 0.947 bits per heavy atom. The average molecular weight is 272 g/mol. The lowest BCUT2D eigenvalue weighted by molar-refractivity contribution is -0.137. The third-order valence-electron chi connectivity index (χ3n) is 2.30. The molecule has 2 rings (SSSR count). The third kappa shape index (κ3) is 2.51.